The lowest BCUT2D eigenvalue weighted by Crippen LogP contribution is -1.90. The van der Waals surface area contributed by atoms with Crippen LogP contribution in [0.5, 0.6) is 0 Å². The van der Waals surface area contributed by atoms with Gasteiger partial charge in [0.1, 0.15) is 0 Å². The van der Waals surface area contributed by atoms with Gasteiger partial charge in [-0.15, -0.1) is 0 Å². The minimum atomic E-state index is 0.814. The number of aryl methyl sites for hydroxylation is 2. The largest absolute Gasteiger partial charge is 0.444 e. The second kappa shape index (κ2) is 5.53. The molecule has 0 saturated heterocycles. The summed E-state index contributed by atoms with van der Waals surface area (Å²) in [6.07, 6.45) is 5.32. The Labute approximate surface area is 112 Å². The lowest BCUT2D eigenvalue weighted by Gasteiger charge is -2.03. The molecule has 0 aliphatic carbocycles. The van der Waals surface area contributed by atoms with E-state index in [1.54, 1.807) is 6.20 Å². The van der Waals surface area contributed by atoms with Gasteiger partial charge in [-0.2, -0.15) is 0 Å². The van der Waals surface area contributed by atoms with Gasteiger partial charge in [0.15, 0.2) is 12.2 Å². The van der Waals surface area contributed by atoms with Crippen molar-refractivity contribution in [1.82, 2.24) is 4.98 Å². The SMILES string of the molecule is c1ccc(CCc2ccc(-c3cnco3)cc2)cc1. The predicted molar refractivity (Wildman–Crippen MR) is 75.8 cm³/mol. The highest BCUT2D eigenvalue weighted by atomic mass is 16.3. The molecule has 0 bridgehead atoms. The molecule has 3 aromatic rings. The normalized spacial score (nSPS) is 10.5. The summed E-state index contributed by atoms with van der Waals surface area (Å²) in [5.41, 5.74) is 3.79. The molecule has 2 heteroatoms. The summed E-state index contributed by atoms with van der Waals surface area (Å²) >= 11 is 0. The Kier molecular flexibility index (Phi) is 3.41. The molecule has 0 aliphatic rings. The van der Waals surface area contributed by atoms with Crippen LogP contribution in [0.25, 0.3) is 11.3 Å². The average Bonchev–Trinajstić information content (AvgIpc) is 3.01. The fourth-order valence-corrected chi connectivity index (χ4v) is 2.13. The molecule has 3 rings (SSSR count). The molecule has 2 nitrogen and oxygen atoms in total. The van der Waals surface area contributed by atoms with Crippen LogP contribution < -0.4 is 0 Å². The number of benzene rings is 2. The molecule has 19 heavy (non-hydrogen) atoms. The number of aromatic nitrogens is 1. The molecule has 1 aromatic heterocycles. The van der Waals surface area contributed by atoms with E-state index >= 15 is 0 Å². The molecular formula is C17H15NO. The van der Waals surface area contributed by atoms with Crippen molar-refractivity contribution < 1.29 is 4.42 Å². The number of hydrogen-bond acceptors (Lipinski definition) is 2. The van der Waals surface area contributed by atoms with Crippen LogP contribution in [-0.4, -0.2) is 4.98 Å². The molecule has 0 N–H and O–H groups in total. The van der Waals surface area contributed by atoms with Crippen LogP contribution in [0.15, 0.2) is 71.6 Å². The van der Waals surface area contributed by atoms with Gasteiger partial charge in [0, 0.05) is 5.56 Å². The van der Waals surface area contributed by atoms with E-state index in [9.17, 15) is 0 Å². The Hall–Kier alpha value is -2.35. The molecule has 0 amide bonds. The second-order valence-corrected chi connectivity index (χ2v) is 4.55. The maximum Gasteiger partial charge on any atom is 0.181 e. The quantitative estimate of drug-likeness (QED) is 0.695. The molecule has 2 aromatic carbocycles. The van der Waals surface area contributed by atoms with E-state index in [1.165, 1.54) is 17.5 Å². The molecule has 1 heterocycles. The minimum Gasteiger partial charge on any atom is -0.444 e. The Morgan fingerprint density at radius 1 is 0.789 bits per heavy atom. The number of rotatable bonds is 4. The van der Waals surface area contributed by atoms with Crippen LogP contribution in [0.2, 0.25) is 0 Å². The van der Waals surface area contributed by atoms with Gasteiger partial charge in [-0.1, -0.05) is 54.6 Å². The molecule has 0 fully saturated rings. The average molecular weight is 249 g/mol. The molecule has 94 valence electrons. The first-order valence-corrected chi connectivity index (χ1v) is 6.43. The lowest BCUT2D eigenvalue weighted by molar-refractivity contribution is 0.572. The third-order valence-electron chi connectivity index (χ3n) is 3.22. The van der Waals surface area contributed by atoms with Gasteiger partial charge in [-0.25, -0.2) is 4.98 Å². The fourth-order valence-electron chi connectivity index (χ4n) is 2.13. The predicted octanol–water partition coefficient (Wildman–Crippen LogP) is 4.13. The molecule has 0 atom stereocenters. The van der Waals surface area contributed by atoms with Crippen molar-refractivity contribution >= 4 is 0 Å². The summed E-state index contributed by atoms with van der Waals surface area (Å²) in [6.45, 7) is 0. The summed E-state index contributed by atoms with van der Waals surface area (Å²) in [6, 6.07) is 19.0. The molecule has 0 aliphatic heterocycles. The maximum atomic E-state index is 5.28. The van der Waals surface area contributed by atoms with E-state index < -0.39 is 0 Å². The monoisotopic (exact) mass is 249 g/mol. The molecule has 0 saturated carbocycles. The van der Waals surface area contributed by atoms with Gasteiger partial charge in [0.2, 0.25) is 0 Å². The second-order valence-electron chi connectivity index (χ2n) is 4.55. The Morgan fingerprint density at radius 3 is 2.11 bits per heavy atom. The van der Waals surface area contributed by atoms with Crippen LogP contribution in [0.1, 0.15) is 11.1 Å². The molecule has 0 spiro atoms. The van der Waals surface area contributed by atoms with Crippen molar-refractivity contribution in [2.24, 2.45) is 0 Å². The van der Waals surface area contributed by atoms with Crippen LogP contribution in [0.3, 0.4) is 0 Å². The topological polar surface area (TPSA) is 26.0 Å². The van der Waals surface area contributed by atoms with Gasteiger partial charge < -0.3 is 4.42 Å². The molecule has 0 unspecified atom stereocenters. The Bertz CT molecular complexity index is 612. The van der Waals surface area contributed by atoms with Crippen LogP contribution >= 0.6 is 0 Å². The Morgan fingerprint density at radius 2 is 1.47 bits per heavy atom. The summed E-state index contributed by atoms with van der Waals surface area (Å²) in [5, 5.41) is 0. The van der Waals surface area contributed by atoms with E-state index in [0.717, 1.165) is 24.2 Å². The lowest BCUT2D eigenvalue weighted by atomic mass is 10.0. The number of nitrogens with zero attached hydrogens (tertiary/aromatic N) is 1. The fraction of sp³-hybridized carbons (Fsp3) is 0.118. The van der Waals surface area contributed by atoms with Crippen LogP contribution in [-0.2, 0) is 12.8 Å². The van der Waals surface area contributed by atoms with Gasteiger partial charge in [0.05, 0.1) is 6.20 Å². The van der Waals surface area contributed by atoms with Crippen molar-refractivity contribution in [3.8, 4) is 11.3 Å². The highest BCUT2D eigenvalue weighted by Crippen LogP contribution is 2.19. The van der Waals surface area contributed by atoms with Crippen molar-refractivity contribution in [2.45, 2.75) is 12.8 Å². The van der Waals surface area contributed by atoms with Gasteiger partial charge >= 0.3 is 0 Å². The molecular weight excluding hydrogens is 234 g/mol. The van der Waals surface area contributed by atoms with Crippen molar-refractivity contribution in [2.75, 3.05) is 0 Å². The molecule has 0 radical (unpaired) electrons. The van der Waals surface area contributed by atoms with Crippen LogP contribution in [0, 0.1) is 0 Å². The zero-order valence-corrected chi connectivity index (χ0v) is 10.6. The van der Waals surface area contributed by atoms with Crippen molar-refractivity contribution in [3.05, 3.63) is 78.3 Å². The van der Waals surface area contributed by atoms with E-state index in [4.69, 9.17) is 4.42 Å². The van der Waals surface area contributed by atoms with E-state index in [1.807, 2.05) is 0 Å². The van der Waals surface area contributed by atoms with Gasteiger partial charge in [-0.3, -0.25) is 0 Å². The first-order chi connectivity index (χ1) is 9.42. The standard InChI is InChI=1S/C17H15NO/c1-2-4-14(5-3-1)6-7-15-8-10-16(11-9-15)17-12-18-13-19-17/h1-5,8-13H,6-7H2. The first-order valence-electron chi connectivity index (χ1n) is 6.43. The Balaban J connectivity index is 1.67. The summed E-state index contributed by atoms with van der Waals surface area (Å²) < 4.78 is 5.28. The third kappa shape index (κ3) is 2.91. The van der Waals surface area contributed by atoms with Crippen molar-refractivity contribution in [1.29, 1.82) is 0 Å². The van der Waals surface area contributed by atoms with Gasteiger partial charge in [-0.05, 0) is 24.0 Å². The number of oxazole rings is 1. The first kappa shape index (κ1) is 11.7. The zero-order chi connectivity index (χ0) is 12.9. The minimum absolute atomic E-state index is 0.814. The van der Waals surface area contributed by atoms with E-state index in [-0.39, 0.29) is 0 Å². The van der Waals surface area contributed by atoms with Crippen LogP contribution in [0.4, 0.5) is 0 Å². The highest BCUT2D eigenvalue weighted by Gasteiger charge is 2.01. The van der Waals surface area contributed by atoms with E-state index in [2.05, 4.69) is 59.6 Å². The van der Waals surface area contributed by atoms with E-state index in [0.29, 0.717) is 0 Å². The third-order valence-corrected chi connectivity index (χ3v) is 3.22. The maximum absolute atomic E-state index is 5.28. The summed E-state index contributed by atoms with van der Waals surface area (Å²) in [7, 11) is 0. The van der Waals surface area contributed by atoms with Crippen molar-refractivity contribution in [3.63, 3.8) is 0 Å². The smallest absolute Gasteiger partial charge is 0.181 e. The highest BCUT2D eigenvalue weighted by molar-refractivity contribution is 5.56. The summed E-state index contributed by atoms with van der Waals surface area (Å²) in [5.74, 6) is 0.814. The summed E-state index contributed by atoms with van der Waals surface area (Å²) in [4.78, 5) is 3.93. The zero-order valence-electron chi connectivity index (χ0n) is 10.6. The number of hydrogen-bond donors (Lipinski definition) is 0. The van der Waals surface area contributed by atoms with Gasteiger partial charge in [0.25, 0.3) is 0 Å².